The SMILES string of the molecule is CCN(CCC#N)CC(=O)c1c(F)cccc1F. The molecule has 1 aromatic rings. The Morgan fingerprint density at radius 3 is 2.50 bits per heavy atom. The third kappa shape index (κ3) is 3.60. The van der Waals surface area contributed by atoms with E-state index in [4.69, 9.17) is 5.26 Å². The number of nitriles is 1. The molecule has 96 valence electrons. The Balaban J connectivity index is 2.78. The summed E-state index contributed by atoms with van der Waals surface area (Å²) in [5, 5.41) is 8.47. The van der Waals surface area contributed by atoms with E-state index in [0.717, 1.165) is 12.1 Å². The minimum Gasteiger partial charge on any atom is -0.295 e. The minimum atomic E-state index is -0.851. The molecule has 3 nitrogen and oxygen atoms in total. The topological polar surface area (TPSA) is 44.1 Å². The van der Waals surface area contributed by atoms with Crippen LogP contribution in [0.1, 0.15) is 23.7 Å². The van der Waals surface area contributed by atoms with Gasteiger partial charge in [-0.15, -0.1) is 0 Å². The average molecular weight is 252 g/mol. The van der Waals surface area contributed by atoms with Crippen molar-refractivity contribution in [2.24, 2.45) is 0 Å². The van der Waals surface area contributed by atoms with Crippen molar-refractivity contribution in [3.8, 4) is 6.07 Å². The summed E-state index contributed by atoms with van der Waals surface area (Å²) in [5.74, 6) is -2.31. The Morgan fingerprint density at radius 2 is 2.00 bits per heavy atom. The minimum absolute atomic E-state index is 0.0873. The van der Waals surface area contributed by atoms with Gasteiger partial charge in [-0.05, 0) is 18.7 Å². The smallest absolute Gasteiger partial charge is 0.182 e. The molecule has 0 unspecified atom stereocenters. The van der Waals surface area contributed by atoms with E-state index in [-0.39, 0.29) is 13.0 Å². The monoisotopic (exact) mass is 252 g/mol. The van der Waals surface area contributed by atoms with Crippen molar-refractivity contribution in [2.75, 3.05) is 19.6 Å². The molecule has 0 atom stereocenters. The Bertz CT molecular complexity index is 448. The fraction of sp³-hybridized carbons (Fsp3) is 0.385. The van der Waals surface area contributed by atoms with E-state index in [2.05, 4.69) is 0 Å². The summed E-state index contributed by atoms with van der Waals surface area (Å²) < 4.78 is 26.8. The van der Waals surface area contributed by atoms with Crippen LogP contribution >= 0.6 is 0 Å². The van der Waals surface area contributed by atoms with Gasteiger partial charge in [0.15, 0.2) is 5.78 Å². The highest BCUT2D eigenvalue weighted by Gasteiger charge is 2.18. The summed E-state index contributed by atoms with van der Waals surface area (Å²) in [5.41, 5.74) is -0.507. The maximum absolute atomic E-state index is 13.4. The van der Waals surface area contributed by atoms with E-state index in [1.54, 1.807) is 4.90 Å². The maximum Gasteiger partial charge on any atom is 0.182 e. The predicted octanol–water partition coefficient (Wildman–Crippen LogP) is 2.38. The number of rotatable bonds is 6. The van der Waals surface area contributed by atoms with Crippen LogP contribution in [0.3, 0.4) is 0 Å². The summed E-state index contributed by atoms with van der Waals surface area (Å²) in [6.45, 7) is 2.69. The Kier molecular flexibility index (Phi) is 5.40. The molecule has 0 aliphatic carbocycles. The molecule has 0 bridgehead atoms. The van der Waals surface area contributed by atoms with Gasteiger partial charge in [0.05, 0.1) is 18.2 Å². The standard InChI is InChI=1S/C13H14F2N2O/c1-2-17(8-4-7-16)9-12(18)13-10(14)5-3-6-11(13)15/h3,5-6H,2,4,8-9H2,1H3. The number of halogens is 2. The van der Waals surface area contributed by atoms with E-state index in [0.29, 0.717) is 13.1 Å². The first-order valence-corrected chi connectivity index (χ1v) is 5.66. The third-order valence-corrected chi connectivity index (χ3v) is 2.60. The number of carbonyl (C=O) groups excluding carboxylic acids is 1. The molecule has 0 fully saturated rings. The number of nitrogens with zero attached hydrogens (tertiary/aromatic N) is 2. The zero-order chi connectivity index (χ0) is 13.5. The number of ketones is 1. The zero-order valence-corrected chi connectivity index (χ0v) is 10.1. The molecule has 0 heterocycles. The van der Waals surface area contributed by atoms with Gasteiger partial charge in [-0.25, -0.2) is 8.78 Å². The van der Waals surface area contributed by atoms with Gasteiger partial charge in [-0.1, -0.05) is 13.0 Å². The Morgan fingerprint density at radius 1 is 1.39 bits per heavy atom. The molecule has 0 saturated carbocycles. The van der Waals surface area contributed by atoms with E-state index >= 15 is 0 Å². The molecular weight excluding hydrogens is 238 g/mol. The lowest BCUT2D eigenvalue weighted by atomic mass is 10.1. The molecule has 1 aromatic carbocycles. The largest absolute Gasteiger partial charge is 0.295 e. The number of Topliss-reactive ketones (excluding diaryl/α,β-unsaturated/α-hetero) is 1. The Labute approximate surface area is 105 Å². The molecule has 0 radical (unpaired) electrons. The van der Waals surface area contributed by atoms with Gasteiger partial charge in [-0.2, -0.15) is 5.26 Å². The van der Waals surface area contributed by atoms with Gasteiger partial charge >= 0.3 is 0 Å². The summed E-state index contributed by atoms with van der Waals surface area (Å²) in [6.07, 6.45) is 0.279. The fourth-order valence-electron chi connectivity index (χ4n) is 1.60. The summed E-state index contributed by atoms with van der Waals surface area (Å²) in [6, 6.07) is 5.30. The molecule has 0 aliphatic heterocycles. The van der Waals surface area contributed by atoms with Gasteiger partial charge in [0.25, 0.3) is 0 Å². The van der Waals surface area contributed by atoms with Crippen LogP contribution in [-0.2, 0) is 0 Å². The highest BCUT2D eigenvalue weighted by molar-refractivity contribution is 5.98. The van der Waals surface area contributed by atoms with Gasteiger partial charge < -0.3 is 0 Å². The van der Waals surface area contributed by atoms with Crippen molar-refractivity contribution in [2.45, 2.75) is 13.3 Å². The normalized spacial score (nSPS) is 10.4. The number of hydrogen-bond acceptors (Lipinski definition) is 3. The summed E-state index contributed by atoms with van der Waals surface area (Å²) in [7, 11) is 0. The first-order chi connectivity index (χ1) is 8.60. The molecule has 0 N–H and O–H groups in total. The lowest BCUT2D eigenvalue weighted by molar-refractivity contribution is 0.0927. The van der Waals surface area contributed by atoms with E-state index in [1.807, 2.05) is 13.0 Å². The Hall–Kier alpha value is -1.80. The van der Waals surface area contributed by atoms with Crippen LogP contribution in [0.25, 0.3) is 0 Å². The number of hydrogen-bond donors (Lipinski definition) is 0. The lowest BCUT2D eigenvalue weighted by Crippen LogP contribution is -2.31. The lowest BCUT2D eigenvalue weighted by Gasteiger charge is -2.18. The molecule has 0 amide bonds. The quantitative estimate of drug-likeness (QED) is 0.730. The third-order valence-electron chi connectivity index (χ3n) is 2.60. The molecular formula is C13H14F2N2O. The molecule has 1 rings (SSSR count). The first-order valence-electron chi connectivity index (χ1n) is 5.66. The molecule has 0 saturated heterocycles. The van der Waals surface area contributed by atoms with Crippen LogP contribution in [0.4, 0.5) is 8.78 Å². The van der Waals surface area contributed by atoms with Crippen molar-refractivity contribution < 1.29 is 13.6 Å². The van der Waals surface area contributed by atoms with Crippen LogP contribution in [0, 0.1) is 23.0 Å². The highest BCUT2D eigenvalue weighted by Crippen LogP contribution is 2.13. The molecule has 18 heavy (non-hydrogen) atoms. The van der Waals surface area contributed by atoms with Crippen molar-refractivity contribution in [3.05, 3.63) is 35.4 Å². The number of carbonyl (C=O) groups is 1. The van der Waals surface area contributed by atoms with Crippen LogP contribution in [0.5, 0.6) is 0 Å². The van der Waals surface area contributed by atoms with Crippen molar-refractivity contribution >= 4 is 5.78 Å². The van der Waals surface area contributed by atoms with Crippen LogP contribution in [0.2, 0.25) is 0 Å². The summed E-state index contributed by atoms with van der Waals surface area (Å²) >= 11 is 0. The van der Waals surface area contributed by atoms with Crippen LogP contribution in [0.15, 0.2) is 18.2 Å². The van der Waals surface area contributed by atoms with Gasteiger partial charge in [0, 0.05) is 13.0 Å². The predicted molar refractivity (Wildman–Crippen MR) is 63.0 cm³/mol. The van der Waals surface area contributed by atoms with Crippen molar-refractivity contribution in [1.29, 1.82) is 5.26 Å². The van der Waals surface area contributed by atoms with Crippen LogP contribution < -0.4 is 0 Å². The molecule has 0 aromatic heterocycles. The van der Waals surface area contributed by atoms with Crippen LogP contribution in [-0.4, -0.2) is 30.3 Å². The van der Waals surface area contributed by atoms with E-state index in [1.165, 1.54) is 6.07 Å². The number of likely N-dealkylation sites (N-methyl/N-ethyl adjacent to an activating group) is 1. The van der Waals surface area contributed by atoms with Gasteiger partial charge in [0.1, 0.15) is 11.6 Å². The van der Waals surface area contributed by atoms with Gasteiger partial charge in [0.2, 0.25) is 0 Å². The molecule has 0 spiro atoms. The fourth-order valence-corrected chi connectivity index (χ4v) is 1.60. The molecule has 0 aliphatic rings. The van der Waals surface area contributed by atoms with Crippen molar-refractivity contribution in [1.82, 2.24) is 4.90 Å². The van der Waals surface area contributed by atoms with E-state index in [9.17, 15) is 13.6 Å². The second kappa shape index (κ2) is 6.82. The maximum atomic E-state index is 13.4. The number of benzene rings is 1. The van der Waals surface area contributed by atoms with Crippen molar-refractivity contribution in [3.63, 3.8) is 0 Å². The molecule has 5 heteroatoms. The first kappa shape index (κ1) is 14.3. The second-order valence-corrected chi connectivity index (χ2v) is 3.80. The average Bonchev–Trinajstić information content (AvgIpc) is 2.34. The highest BCUT2D eigenvalue weighted by atomic mass is 19.1. The van der Waals surface area contributed by atoms with E-state index < -0.39 is 23.0 Å². The zero-order valence-electron chi connectivity index (χ0n) is 10.1. The summed E-state index contributed by atoms with van der Waals surface area (Å²) in [4.78, 5) is 13.5. The van der Waals surface area contributed by atoms with Gasteiger partial charge in [-0.3, -0.25) is 9.69 Å². The second-order valence-electron chi connectivity index (χ2n) is 3.80.